The van der Waals surface area contributed by atoms with Crippen LogP contribution in [-0.2, 0) is 4.74 Å². The number of aryl methyl sites for hydroxylation is 1. The van der Waals surface area contributed by atoms with E-state index < -0.39 is 4.92 Å². The Morgan fingerprint density at radius 1 is 1.53 bits per heavy atom. The number of benzene rings is 1. The Hall–Kier alpha value is -1.14. The molecule has 0 aromatic heterocycles. The molecule has 3 unspecified atom stereocenters. The predicted molar refractivity (Wildman–Crippen MR) is 75.0 cm³/mol. The normalized spacial score (nSPS) is 25.7. The third-order valence-corrected chi connectivity index (χ3v) is 4.10. The van der Waals surface area contributed by atoms with E-state index in [1.807, 2.05) is 13.8 Å². The first-order chi connectivity index (χ1) is 9.02. The van der Waals surface area contributed by atoms with E-state index >= 15 is 0 Å². The fourth-order valence-corrected chi connectivity index (χ4v) is 2.90. The van der Waals surface area contributed by atoms with Crippen molar-refractivity contribution in [1.29, 1.82) is 0 Å². The van der Waals surface area contributed by atoms with Gasteiger partial charge in [-0.25, -0.2) is 0 Å². The number of ether oxygens (including phenoxy) is 2. The third kappa shape index (κ3) is 3.06. The van der Waals surface area contributed by atoms with Gasteiger partial charge in [-0.3, -0.25) is 10.1 Å². The van der Waals surface area contributed by atoms with Crippen LogP contribution in [0.2, 0.25) is 0 Å². The molecule has 1 aromatic rings. The van der Waals surface area contributed by atoms with Crippen molar-refractivity contribution in [2.45, 2.75) is 37.3 Å². The molecule has 1 aliphatic carbocycles. The standard InChI is InChI=1S/C13H16BrNO4/c1-3-18-13-10(14)7-12(13)19-11-6-9(15(16)17)5-4-8(11)2/h4-6,10,12-13H,3,7H2,1-2H3. The Balaban J connectivity index is 2.10. The summed E-state index contributed by atoms with van der Waals surface area (Å²) < 4.78 is 11.4. The smallest absolute Gasteiger partial charge is 0.273 e. The Labute approximate surface area is 120 Å². The second-order valence-electron chi connectivity index (χ2n) is 4.53. The molecule has 0 saturated heterocycles. The van der Waals surface area contributed by atoms with Gasteiger partial charge in [0.1, 0.15) is 18.0 Å². The van der Waals surface area contributed by atoms with Crippen LogP contribution in [0, 0.1) is 17.0 Å². The summed E-state index contributed by atoms with van der Waals surface area (Å²) in [6.45, 7) is 4.44. The number of halogens is 1. The summed E-state index contributed by atoms with van der Waals surface area (Å²) in [5.41, 5.74) is 0.933. The van der Waals surface area contributed by atoms with E-state index in [4.69, 9.17) is 9.47 Å². The first-order valence-corrected chi connectivity index (χ1v) is 7.12. The summed E-state index contributed by atoms with van der Waals surface area (Å²) >= 11 is 3.52. The van der Waals surface area contributed by atoms with Gasteiger partial charge in [0.25, 0.3) is 5.69 Å². The Morgan fingerprint density at radius 3 is 2.84 bits per heavy atom. The van der Waals surface area contributed by atoms with Gasteiger partial charge in [0.2, 0.25) is 0 Å². The maximum atomic E-state index is 10.8. The second kappa shape index (κ2) is 5.88. The van der Waals surface area contributed by atoms with Crippen LogP contribution in [0.5, 0.6) is 5.75 Å². The molecular formula is C13H16BrNO4. The van der Waals surface area contributed by atoms with Crippen LogP contribution in [0.25, 0.3) is 0 Å². The maximum Gasteiger partial charge on any atom is 0.273 e. The molecule has 3 atom stereocenters. The van der Waals surface area contributed by atoms with Gasteiger partial charge in [0, 0.05) is 23.9 Å². The quantitative estimate of drug-likeness (QED) is 0.472. The van der Waals surface area contributed by atoms with Crippen LogP contribution in [0.15, 0.2) is 18.2 Å². The van der Waals surface area contributed by atoms with Gasteiger partial charge in [0.05, 0.1) is 11.0 Å². The van der Waals surface area contributed by atoms with E-state index in [0.29, 0.717) is 12.4 Å². The van der Waals surface area contributed by atoms with E-state index in [0.717, 1.165) is 12.0 Å². The van der Waals surface area contributed by atoms with Gasteiger partial charge >= 0.3 is 0 Å². The van der Waals surface area contributed by atoms with Crippen molar-refractivity contribution < 1.29 is 14.4 Å². The molecular weight excluding hydrogens is 314 g/mol. The first-order valence-electron chi connectivity index (χ1n) is 6.20. The number of hydrogen-bond acceptors (Lipinski definition) is 4. The van der Waals surface area contributed by atoms with E-state index in [1.165, 1.54) is 12.1 Å². The Bertz CT molecular complexity index is 480. The van der Waals surface area contributed by atoms with Crippen LogP contribution in [0.1, 0.15) is 18.9 Å². The minimum Gasteiger partial charge on any atom is -0.487 e. The minimum atomic E-state index is -0.416. The molecule has 1 saturated carbocycles. The lowest BCUT2D eigenvalue weighted by Crippen LogP contribution is -2.52. The first kappa shape index (κ1) is 14.3. The van der Waals surface area contributed by atoms with Crippen LogP contribution >= 0.6 is 15.9 Å². The van der Waals surface area contributed by atoms with E-state index in [1.54, 1.807) is 6.07 Å². The topological polar surface area (TPSA) is 61.6 Å². The van der Waals surface area contributed by atoms with Crippen LogP contribution < -0.4 is 4.74 Å². The number of alkyl halides is 1. The summed E-state index contributed by atoms with van der Waals surface area (Å²) in [5, 5.41) is 10.8. The molecule has 5 nitrogen and oxygen atoms in total. The van der Waals surface area contributed by atoms with Crippen LogP contribution in [0.3, 0.4) is 0 Å². The zero-order valence-electron chi connectivity index (χ0n) is 10.8. The molecule has 1 aliphatic rings. The van der Waals surface area contributed by atoms with Crippen molar-refractivity contribution in [2.24, 2.45) is 0 Å². The van der Waals surface area contributed by atoms with Gasteiger partial charge in [-0.05, 0) is 25.5 Å². The highest BCUT2D eigenvalue weighted by molar-refractivity contribution is 9.09. The zero-order valence-corrected chi connectivity index (χ0v) is 12.4. The molecule has 0 amide bonds. The molecule has 0 bridgehead atoms. The summed E-state index contributed by atoms with van der Waals surface area (Å²) in [6.07, 6.45) is 0.793. The minimum absolute atomic E-state index is 0.00339. The van der Waals surface area contributed by atoms with Crippen molar-refractivity contribution in [3.8, 4) is 5.75 Å². The largest absolute Gasteiger partial charge is 0.487 e. The summed E-state index contributed by atoms with van der Waals surface area (Å²) in [5.74, 6) is 0.559. The Kier molecular flexibility index (Phi) is 4.42. The predicted octanol–water partition coefficient (Wildman–Crippen LogP) is 3.22. The van der Waals surface area contributed by atoms with Crippen molar-refractivity contribution in [2.75, 3.05) is 6.61 Å². The number of non-ortho nitro benzene ring substituents is 1. The summed E-state index contributed by atoms with van der Waals surface area (Å²) in [4.78, 5) is 10.6. The van der Waals surface area contributed by atoms with Gasteiger partial charge < -0.3 is 9.47 Å². The lowest BCUT2D eigenvalue weighted by atomic mass is 9.91. The van der Waals surface area contributed by atoms with E-state index in [2.05, 4.69) is 15.9 Å². The maximum absolute atomic E-state index is 10.8. The molecule has 2 rings (SSSR count). The highest BCUT2D eigenvalue weighted by atomic mass is 79.9. The van der Waals surface area contributed by atoms with E-state index in [9.17, 15) is 10.1 Å². The molecule has 0 N–H and O–H groups in total. The molecule has 1 fully saturated rings. The monoisotopic (exact) mass is 329 g/mol. The van der Waals surface area contributed by atoms with Crippen molar-refractivity contribution in [3.63, 3.8) is 0 Å². The van der Waals surface area contributed by atoms with Gasteiger partial charge in [-0.2, -0.15) is 0 Å². The lowest BCUT2D eigenvalue weighted by Gasteiger charge is -2.40. The average molecular weight is 330 g/mol. The van der Waals surface area contributed by atoms with Crippen LogP contribution in [0.4, 0.5) is 5.69 Å². The molecule has 6 heteroatoms. The molecule has 0 spiro atoms. The average Bonchev–Trinajstić information content (AvgIpc) is 2.37. The molecule has 0 radical (unpaired) electrons. The summed E-state index contributed by atoms with van der Waals surface area (Å²) in [7, 11) is 0. The Morgan fingerprint density at radius 2 is 2.26 bits per heavy atom. The summed E-state index contributed by atoms with van der Waals surface area (Å²) in [6, 6.07) is 4.66. The molecule has 0 heterocycles. The second-order valence-corrected chi connectivity index (χ2v) is 5.71. The van der Waals surface area contributed by atoms with Gasteiger partial charge in [-0.15, -0.1) is 0 Å². The van der Waals surface area contributed by atoms with E-state index in [-0.39, 0.29) is 22.7 Å². The van der Waals surface area contributed by atoms with Crippen molar-refractivity contribution in [1.82, 2.24) is 0 Å². The molecule has 104 valence electrons. The zero-order chi connectivity index (χ0) is 14.0. The van der Waals surface area contributed by atoms with Gasteiger partial charge in [-0.1, -0.05) is 15.9 Å². The third-order valence-electron chi connectivity index (χ3n) is 3.20. The van der Waals surface area contributed by atoms with Crippen LogP contribution in [-0.4, -0.2) is 28.6 Å². The SMILES string of the molecule is CCOC1C(Br)CC1Oc1cc([N+](=O)[O-])ccc1C. The highest BCUT2D eigenvalue weighted by Gasteiger charge is 2.42. The molecule has 19 heavy (non-hydrogen) atoms. The number of nitrogens with zero attached hydrogens (tertiary/aromatic N) is 1. The number of nitro benzene ring substituents is 1. The highest BCUT2D eigenvalue weighted by Crippen LogP contribution is 2.35. The number of nitro groups is 1. The van der Waals surface area contributed by atoms with Crippen molar-refractivity contribution in [3.05, 3.63) is 33.9 Å². The van der Waals surface area contributed by atoms with Gasteiger partial charge in [0.15, 0.2) is 0 Å². The molecule has 1 aromatic carbocycles. The lowest BCUT2D eigenvalue weighted by molar-refractivity contribution is -0.385. The van der Waals surface area contributed by atoms with Crippen molar-refractivity contribution >= 4 is 21.6 Å². The fourth-order valence-electron chi connectivity index (χ4n) is 2.04. The number of rotatable bonds is 5. The molecule has 0 aliphatic heterocycles. The fraction of sp³-hybridized carbons (Fsp3) is 0.538. The number of hydrogen-bond donors (Lipinski definition) is 0.